The molecule has 0 amide bonds. The number of ether oxygens (including phenoxy) is 1. The predicted octanol–water partition coefficient (Wildman–Crippen LogP) is 3.50. The van der Waals surface area contributed by atoms with E-state index < -0.39 is 0 Å². The van der Waals surface area contributed by atoms with Gasteiger partial charge in [-0.2, -0.15) is 0 Å². The van der Waals surface area contributed by atoms with E-state index in [1.165, 1.54) is 30.1 Å². The van der Waals surface area contributed by atoms with E-state index in [-0.39, 0.29) is 5.60 Å². The van der Waals surface area contributed by atoms with Gasteiger partial charge in [-0.25, -0.2) is 0 Å². The normalized spacial score (nSPS) is 29.5. The zero-order chi connectivity index (χ0) is 11.4. The van der Waals surface area contributed by atoms with Crippen molar-refractivity contribution in [1.82, 2.24) is 0 Å². The fourth-order valence-corrected chi connectivity index (χ4v) is 4.71. The quantitative estimate of drug-likeness (QED) is 0.768. The van der Waals surface area contributed by atoms with Crippen molar-refractivity contribution in [3.8, 4) is 0 Å². The zero-order valence-electron chi connectivity index (χ0n) is 10.1. The summed E-state index contributed by atoms with van der Waals surface area (Å²) in [6.07, 6.45) is 3.83. The average Bonchev–Trinajstić information content (AvgIpc) is 2.75. The van der Waals surface area contributed by atoms with Crippen LogP contribution >= 0.6 is 0 Å². The summed E-state index contributed by atoms with van der Waals surface area (Å²) in [5.41, 5.74) is 1.39. The van der Waals surface area contributed by atoms with E-state index in [1.54, 1.807) is 0 Å². The van der Waals surface area contributed by atoms with Crippen molar-refractivity contribution in [2.75, 3.05) is 7.11 Å². The molecule has 1 nitrogen and oxygen atoms in total. The molecule has 1 aliphatic rings. The van der Waals surface area contributed by atoms with E-state index in [0.29, 0.717) is 0 Å². The third-order valence-corrected chi connectivity index (χ3v) is 5.30. The molecule has 0 radical (unpaired) electrons. The van der Waals surface area contributed by atoms with Crippen molar-refractivity contribution in [3.63, 3.8) is 0 Å². The summed E-state index contributed by atoms with van der Waals surface area (Å²) in [7, 11) is 1.88. The Bertz CT molecular complexity index is 325. The molecule has 2 heteroatoms. The summed E-state index contributed by atoms with van der Waals surface area (Å²) in [4.78, 5) is 0. The monoisotopic (exact) mass is 284 g/mol. The maximum atomic E-state index is 5.96. The molecular formula is C14H20OSe. The molecule has 0 saturated heterocycles. The molecule has 0 unspecified atom stereocenters. The topological polar surface area (TPSA) is 9.23 Å². The van der Waals surface area contributed by atoms with Gasteiger partial charge in [0.25, 0.3) is 0 Å². The van der Waals surface area contributed by atoms with Crippen LogP contribution in [-0.2, 0) is 10.3 Å². The molecule has 1 aliphatic carbocycles. The molecule has 88 valence electrons. The second-order valence-corrected chi connectivity index (χ2v) is 6.41. The van der Waals surface area contributed by atoms with Crippen LogP contribution in [0.25, 0.3) is 0 Å². The number of hydrogen-bond donors (Lipinski definition) is 0. The third-order valence-electron chi connectivity index (χ3n) is 3.75. The van der Waals surface area contributed by atoms with Gasteiger partial charge in [-0.05, 0) is 0 Å². The summed E-state index contributed by atoms with van der Waals surface area (Å²) in [5.74, 6) is 3.06. The first kappa shape index (κ1) is 12.2. The minimum atomic E-state index is 0.0129. The second-order valence-electron chi connectivity index (χ2n) is 4.50. The molecule has 2 atom stereocenters. The molecule has 0 aromatic heterocycles. The van der Waals surface area contributed by atoms with E-state index in [9.17, 15) is 0 Å². The Morgan fingerprint density at radius 1 is 1.38 bits per heavy atom. The molecule has 2 rings (SSSR count). The summed E-state index contributed by atoms with van der Waals surface area (Å²) >= 11 is 0.744. The Kier molecular flexibility index (Phi) is 4.07. The predicted molar refractivity (Wildman–Crippen MR) is 68.9 cm³/mol. The van der Waals surface area contributed by atoms with Crippen LogP contribution in [0.15, 0.2) is 30.3 Å². The van der Waals surface area contributed by atoms with Crippen molar-refractivity contribution in [2.45, 2.75) is 36.0 Å². The Morgan fingerprint density at radius 3 is 2.75 bits per heavy atom. The van der Waals surface area contributed by atoms with Gasteiger partial charge in [0.15, 0.2) is 0 Å². The van der Waals surface area contributed by atoms with Gasteiger partial charge in [0.1, 0.15) is 0 Å². The van der Waals surface area contributed by atoms with Crippen LogP contribution < -0.4 is 0 Å². The molecular weight excluding hydrogens is 263 g/mol. The third kappa shape index (κ3) is 2.07. The summed E-state index contributed by atoms with van der Waals surface area (Å²) in [5, 5.41) is 1.34. The molecule has 0 spiro atoms. The SMILES string of the molecule is CO[C@]1(c2ccccc2)CCC[C@@H]1C[Se]C. The molecule has 1 aromatic rings. The first-order valence-electron chi connectivity index (χ1n) is 5.93. The van der Waals surface area contributed by atoms with Gasteiger partial charge in [-0.3, -0.25) is 0 Å². The Balaban J connectivity index is 2.31. The van der Waals surface area contributed by atoms with Crippen molar-refractivity contribution < 1.29 is 4.74 Å². The van der Waals surface area contributed by atoms with Crippen LogP contribution in [0.5, 0.6) is 0 Å². The molecule has 1 saturated carbocycles. The Labute approximate surface area is 105 Å². The van der Waals surface area contributed by atoms with E-state index in [4.69, 9.17) is 4.74 Å². The second kappa shape index (κ2) is 5.35. The van der Waals surface area contributed by atoms with Crippen LogP contribution in [0.2, 0.25) is 11.1 Å². The van der Waals surface area contributed by atoms with Gasteiger partial charge >= 0.3 is 105 Å². The average molecular weight is 283 g/mol. The summed E-state index contributed by atoms with van der Waals surface area (Å²) < 4.78 is 5.96. The minimum absolute atomic E-state index is 0.0129. The van der Waals surface area contributed by atoms with Gasteiger partial charge in [0, 0.05) is 0 Å². The molecule has 0 heterocycles. The van der Waals surface area contributed by atoms with Crippen LogP contribution in [0, 0.1) is 5.92 Å². The molecule has 1 fully saturated rings. The van der Waals surface area contributed by atoms with Crippen LogP contribution in [0.3, 0.4) is 0 Å². The molecule has 0 N–H and O–H groups in total. The van der Waals surface area contributed by atoms with Crippen LogP contribution in [0.4, 0.5) is 0 Å². The fourth-order valence-electron chi connectivity index (χ4n) is 2.95. The van der Waals surface area contributed by atoms with Crippen molar-refractivity contribution in [2.24, 2.45) is 5.92 Å². The first-order chi connectivity index (χ1) is 7.83. The molecule has 0 aliphatic heterocycles. The Morgan fingerprint density at radius 2 is 2.12 bits per heavy atom. The number of hydrogen-bond acceptors (Lipinski definition) is 1. The Hall–Kier alpha value is -0.301. The molecule has 0 bridgehead atoms. The van der Waals surface area contributed by atoms with E-state index in [2.05, 4.69) is 36.2 Å². The number of methoxy groups -OCH3 is 1. The van der Waals surface area contributed by atoms with E-state index >= 15 is 0 Å². The fraction of sp³-hybridized carbons (Fsp3) is 0.571. The van der Waals surface area contributed by atoms with Gasteiger partial charge in [-0.15, -0.1) is 0 Å². The number of rotatable bonds is 4. The number of benzene rings is 1. The van der Waals surface area contributed by atoms with E-state index in [0.717, 1.165) is 20.9 Å². The van der Waals surface area contributed by atoms with Crippen molar-refractivity contribution in [1.29, 1.82) is 0 Å². The summed E-state index contributed by atoms with van der Waals surface area (Å²) in [6, 6.07) is 10.8. The van der Waals surface area contributed by atoms with Gasteiger partial charge in [0.2, 0.25) is 0 Å². The van der Waals surface area contributed by atoms with Gasteiger partial charge < -0.3 is 0 Å². The van der Waals surface area contributed by atoms with Gasteiger partial charge in [-0.1, -0.05) is 0 Å². The maximum absolute atomic E-state index is 5.96. The van der Waals surface area contributed by atoms with Crippen LogP contribution in [0.1, 0.15) is 24.8 Å². The standard InChI is InChI=1S/C14H20OSe/c1-15-14(12-7-4-3-5-8-12)10-6-9-13(14)11-16-2/h3-5,7-8,13H,6,9-11H2,1-2H3/t13-,14+/m1/s1. The zero-order valence-corrected chi connectivity index (χ0v) is 11.8. The first-order valence-corrected chi connectivity index (χ1v) is 8.85. The van der Waals surface area contributed by atoms with Crippen molar-refractivity contribution >= 4 is 15.0 Å². The van der Waals surface area contributed by atoms with Crippen molar-refractivity contribution in [3.05, 3.63) is 35.9 Å². The molecule has 1 aromatic carbocycles. The van der Waals surface area contributed by atoms with Gasteiger partial charge in [0.05, 0.1) is 0 Å². The van der Waals surface area contributed by atoms with E-state index in [1.807, 2.05) is 7.11 Å². The summed E-state index contributed by atoms with van der Waals surface area (Å²) in [6.45, 7) is 0. The van der Waals surface area contributed by atoms with Crippen LogP contribution in [-0.4, -0.2) is 22.1 Å². The molecule has 16 heavy (non-hydrogen) atoms.